The highest BCUT2D eigenvalue weighted by atomic mass is 35.5. The minimum Gasteiger partial charge on any atom is -0.486 e. The molecule has 2 heterocycles. The Hall–Kier alpha value is -2.73. The molecule has 2 aliphatic heterocycles. The van der Waals surface area contributed by atoms with Crippen molar-refractivity contribution in [1.82, 2.24) is 10.2 Å². The van der Waals surface area contributed by atoms with Crippen molar-refractivity contribution in [2.24, 2.45) is 5.92 Å². The number of carbonyl (C=O) groups excluding carboxylic acids is 2. The van der Waals surface area contributed by atoms with Gasteiger partial charge in [0.2, 0.25) is 0 Å². The van der Waals surface area contributed by atoms with Crippen LogP contribution < -0.4 is 14.8 Å². The highest BCUT2D eigenvalue weighted by Gasteiger charge is 2.27. The predicted octanol–water partition coefficient (Wildman–Crippen LogP) is 3.96. The van der Waals surface area contributed by atoms with Crippen molar-refractivity contribution < 1.29 is 19.1 Å². The number of piperidine rings is 1. The molecule has 2 amide bonds. The van der Waals surface area contributed by atoms with Crippen LogP contribution in [0.1, 0.15) is 28.8 Å². The molecular weight excluding hydrogens is 404 g/mol. The highest BCUT2D eigenvalue weighted by molar-refractivity contribution is 6.32. The van der Waals surface area contributed by atoms with Gasteiger partial charge in [-0.1, -0.05) is 41.9 Å². The van der Waals surface area contributed by atoms with Gasteiger partial charge >= 0.3 is 6.03 Å². The lowest BCUT2D eigenvalue weighted by atomic mass is 9.89. The number of hydrogen-bond acceptors (Lipinski definition) is 4. The van der Waals surface area contributed by atoms with Crippen LogP contribution in [0, 0.1) is 5.92 Å². The number of benzene rings is 2. The minimum absolute atomic E-state index is 0.0173. The van der Waals surface area contributed by atoms with E-state index in [1.807, 2.05) is 42.5 Å². The SMILES string of the molecule is O=C(c1ccccc1)C1CCN(C(=O)NCCc2cc(Cl)c3c(c2)OCCO3)CC1. The number of ketones is 1. The molecule has 0 aromatic heterocycles. The van der Waals surface area contributed by atoms with Gasteiger partial charge in [0.05, 0.1) is 5.02 Å². The molecule has 0 saturated carbocycles. The summed E-state index contributed by atoms with van der Waals surface area (Å²) in [5.41, 5.74) is 1.73. The minimum atomic E-state index is -0.0933. The van der Waals surface area contributed by atoms with E-state index in [4.69, 9.17) is 21.1 Å². The number of fused-ring (bicyclic) bond motifs is 1. The molecule has 158 valence electrons. The van der Waals surface area contributed by atoms with Gasteiger partial charge in [0.25, 0.3) is 0 Å². The standard InChI is InChI=1S/C23H25ClN2O4/c24-19-14-16(15-20-22(19)30-13-12-29-20)6-9-25-23(28)26-10-7-18(8-11-26)21(27)17-4-2-1-3-5-17/h1-5,14-15,18H,6-13H2,(H,25,28). The van der Waals surface area contributed by atoms with Gasteiger partial charge < -0.3 is 19.7 Å². The number of hydrogen-bond donors (Lipinski definition) is 1. The maximum atomic E-state index is 12.6. The van der Waals surface area contributed by atoms with Crippen LogP contribution in [0.15, 0.2) is 42.5 Å². The van der Waals surface area contributed by atoms with E-state index in [0.717, 1.165) is 11.1 Å². The first-order valence-corrected chi connectivity index (χ1v) is 10.7. The van der Waals surface area contributed by atoms with Crippen LogP contribution in [0.4, 0.5) is 4.79 Å². The first-order chi connectivity index (χ1) is 14.6. The maximum absolute atomic E-state index is 12.6. The summed E-state index contributed by atoms with van der Waals surface area (Å²) >= 11 is 6.27. The summed E-state index contributed by atoms with van der Waals surface area (Å²) in [5, 5.41) is 3.49. The molecule has 1 N–H and O–H groups in total. The van der Waals surface area contributed by atoms with Crippen molar-refractivity contribution in [3.8, 4) is 11.5 Å². The first-order valence-electron chi connectivity index (χ1n) is 10.3. The predicted molar refractivity (Wildman–Crippen MR) is 115 cm³/mol. The van der Waals surface area contributed by atoms with Gasteiger partial charge in [-0.25, -0.2) is 4.79 Å². The molecule has 1 saturated heterocycles. The molecule has 2 aliphatic rings. The summed E-state index contributed by atoms with van der Waals surface area (Å²) in [5.74, 6) is 1.39. The number of Topliss-reactive ketones (excluding diaryl/α,β-unsaturated/α-hetero) is 1. The van der Waals surface area contributed by atoms with Crippen LogP contribution in [0.3, 0.4) is 0 Å². The third-order valence-corrected chi connectivity index (χ3v) is 5.84. The van der Waals surface area contributed by atoms with E-state index in [2.05, 4.69) is 5.32 Å². The molecular formula is C23H25ClN2O4. The van der Waals surface area contributed by atoms with Gasteiger partial charge in [-0.3, -0.25) is 4.79 Å². The van der Waals surface area contributed by atoms with Gasteiger partial charge in [0, 0.05) is 31.1 Å². The van der Waals surface area contributed by atoms with Gasteiger partial charge in [-0.05, 0) is 37.0 Å². The Morgan fingerprint density at radius 1 is 1.07 bits per heavy atom. The van der Waals surface area contributed by atoms with E-state index in [1.54, 1.807) is 4.90 Å². The van der Waals surface area contributed by atoms with E-state index < -0.39 is 0 Å². The number of ether oxygens (including phenoxy) is 2. The molecule has 0 spiro atoms. The van der Waals surface area contributed by atoms with Gasteiger partial charge in [-0.2, -0.15) is 0 Å². The average Bonchev–Trinajstić information content (AvgIpc) is 2.79. The van der Waals surface area contributed by atoms with Crippen LogP contribution in [0.5, 0.6) is 11.5 Å². The second-order valence-electron chi connectivity index (χ2n) is 7.58. The lowest BCUT2D eigenvalue weighted by molar-refractivity contribution is 0.0854. The Labute approximate surface area is 181 Å². The fraction of sp³-hybridized carbons (Fsp3) is 0.391. The van der Waals surface area contributed by atoms with E-state index in [1.165, 1.54) is 0 Å². The number of urea groups is 1. The Morgan fingerprint density at radius 2 is 1.80 bits per heavy atom. The van der Waals surface area contributed by atoms with Crippen molar-refractivity contribution in [3.05, 3.63) is 58.6 Å². The summed E-state index contributed by atoms with van der Waals surface area (Å²) in [6.07, 6.45) is 2.03. The van der Waals surface area contributed by atoms with E-state index >= 15 is 0 Å². The van der Waals surface area contributed by atoms with Crippen molar-refractivity contribution >= 4 is 23.4 Å². The second-order valence-corrected chi connectivity index (χ2v) is 7.98. The molecule has 1 fully saturated rings. The van der Waals surface area contributed by atoms with E-state index in [-0.39, 0.29) is 17.7 Å². The molecule has 0 atom stereocenters. The number of nitrogens with one attached hydrogen (secondary N) is 1. The number of halogens is 1. The van der Waals surface area contributed by atoms with Crippen molar-refractivity contribution in [2.45, 2.75) is 19.3 Å². The van der Waals surface area contributed by atoms with Crippen LogP contribution in [-0.2, 0) is 6.42 Å². The molecule has 30 heavy (non-hydrogen) atoms. The van der Waals surface area contributed by atoms with Crippen LogP contribution in [0.2, 0.25) is 5.02 Å². The lowest BCUT2D eigenvalue weighted by Crippen LogP contribution is -2.45. The van der Waals surface area contributed by atoms with E-state index in [9.17, 15) is 9.59 Å². The Balaban J connectivity index is 1.24. The second kappa shape index (κ2) is 9.39. The number of carbonyl (C=O) groups is 2. The van der Waals surface area contributed by atoms with Crippen LogP contribution in [0.25, 0.3) is 0 Å². The summed E-state index contributed by atoms with van der Waals surface area (Å²) in [7, 11) is 0. The molecule has 2 aromatic rings. The van der Waals surface area contributed by atoms with Crippen LogP contribution in [-0.4, -0.2) is 49.6 Å². The topological polar surface area (TPSA) is 67.9 Å². The lowest BCUT2D eigenvalue weighted by Gasteiger charge is -2.31. The van der Waals surface area contributed by atoms with Crippen molar-refractivity contribution in [2.75, 3.05) is 32.8 Å². The number of rotatable bonds is 5. The van der Waals surface area contributed by atoms with Crippen molar-refractivity contribution in [3.63, 3.8) is 0 Å². The molecule has 0 radical (unpaired) electrons. The number of nitrogens with zero attached hydrogens (tertiary/aromatic N) is 1. The fourth-order valence-corrected chi connectivity index (χ4v) is 4.20. The zero-order valence-corrected chi connectivity index (χ0v) is 17.5. The third kappa shape index (κ3) is 4.70. The number of amides is 2. The smallest absolute Gasteiger partial charge is 0.317 e. The summed E-state index contributed by atoms with van der Waals surface area (Å²) < 4.78 is 11.1. The fourth-order valence-electron chi connectivity index (χ4n) is 3.92. The number of likely N-dealkylation sites (tertiary alicyclic amines) is 1. The maximum Gasteiger partial charge on any atom is 0.317 e. The third-order valence-electron chi connectivity index (χ3n) is 5.56. The van der Waals surface area contributed by atoms with E-state index in [0.29, 0.717) is 68.6 Å². The van der Waals surface area contributed by atoms with Gasteiger partial charge in [-0.15, -0.1) is 0 Å². The molecule has 0 aliphatic carbocycles. The average molecular weight is 429 g/mol. The Kier molecular flexibility index (Phi) is 6.43. The summed E-state index contributed by atoms with van der Waals surface area (Å²) in [6.45, 7) is 2.68. The summed E-state index contributed by atoms with van der Waals surface area (Å²) in [4.78, 5) is 26.9. The molecule has 2 aromatic carbocycles. The van der Waals surface area contributed by atoms with Gasteiger partial charge in [0.1, 0.15) is 13.2 Å². The molecule has 4 rings (SSSR count). The zero-order chi connectivity index (χ0) is 20.9. The summed E-state index contributed by atoms with van der Waals surface area (Å²) in [6, 6.07) is 13.0. The monoisotopic (exact) mass is 428 g/mol. The quantitative estimate of drug-likeness (QED) is 0.732. The largest absolute Gasteiger partial charge is 0.486 e. The molecule has 6 nitrogen and oxygen atoms in total. The van der Waals surface area contributed by atoms with Gasteiger partial charge in [0.15, 0.2) is 17.3 Å². The zero-order valence-electron chi connectivity index (χ0n) is 16.7. The molecule has 7 heteroatoms. The van der Waals surface area contributed by atoms with Crippen molar-refractivity contribution in [1.29, 1.82) is 0 Å². The Bertz CT molecular complexity index is 911. The Morgan fingerprint density at radius 3 is 2.57 bits per heavy atom. The van der Waals surface area contributed by atoms with Crippen LogP contribution >= 0.6 is 11.6 Å². The first kappa shape index (κ1) is 20.5. The molecule has 0 unspecified atom stereocenters. The molecule has 0 bridgehead atoms. The highest BCUT2D eigenvalue weighted by Crippen LogP contribution is 2.38. The normalized spacial score (nSPS) is 16.2.